The van der Waals surface area contributed by atoms with Crippen molar-refractivity contribution < 1.29 is 27.4 Å². The Kier molecular flexibility index (Phi) is 3.48. The molecule has 0 bridgehead atoms. The number of ether oxygens (including phenoxy) is 1. The maximum Gasteiger partial charge on any atom is 0.573 e. The molecule has 1 heterocycles. The van der Waals surface area contributed by atoms with Gasteiger partial charge in [0.1, 0.15) is 17.1 Å². The van der Waals surface area contributed by atoms with E-state index in [1.807, 2.05) is 0 Å². The molecule has 0 aliphatic heterocycles. The molecule has 0 aliphatic rings. The van der Waals surface area contributed by atoms with Crippen LogP contribution in [0.3, 0.4) is 0 Å². The third kappa shape index (κ3) is 3.28. The van der Waals surface area contributed by atoms with Crippen LogP contribution in [0.1, 0.15) is 0 Å². The van der Waals surface area contributed by atoms with Gasteiger partial charge in [0, 0.05) is 11.5 Å². The predicted octanol–water partition coefficient (Wildman–Crippen LogP) is 4.06. The lowest BCUT2D eigenvalue weighted by atomic mass is 10.1. The topological polar surface area (TPSA) is 59.7 Å². The molecule has 0 spiro atoms. The first-order chi connectivity index (χ1) is 10.8. The summed E-state index contributed by atoms with van der Waals surface area (Å²) < 4.78 is 45.3. The van der Waals surface area contributed by atoms with Gasteiger partial charge >= 0.3 is 12.0 Å². The summed E-state index contributed by atoms with van der Waals surface area (Å²) >= 11 is 0. The summed E-state index contributed by atoms with van der Waals surface area (Å²) in [5, 5.41) is 9.94. The monoisotopic (exact) mass is 322 g/mol. The van der Waals surface area contributed by atoms with E-state index < -0.39 is 12.0 Å². The Bertz CT molecular complexity index is 911. The molecule has 3 rings (SSSR count). The van der Waals surface area contributed by atoms with E-state index in [4.69, 9.17) is 4.42 Å². The van der Waals surface area contributed by atoms with Crippen LogP contribution < -0.4 is 10.4 Å². The van der Waals surface area contributed by atoms with Crippen molar-refractivity contribution in [2.24, 2.45) is 0 Å². The van der Waals surface area contributed by atoms with Gasteiger partial charge in [0.05, 0.1) is 5.56 Å². The molecular weight excluding hydrogens is 313 g/mol. The minimum absolute atomic E-state index is 0.0398. The van der Waals surface area contributed by atoms with Crippen molar-refractivity contribution in [2.45, 2.75) is 6.36 Å². The first kappa shape index (κ1) is 15.0. The van der Waals surface area contributed by atoms with Crippen LogP contribution in [-0.4, -0.2) is 11.5 Å². The van der Waals surface area contributed by atoms with Gasteiger partial charge in [-0.15, -0.1) is 13.2 Å². The van der Waals surface area contributed by atoms with E-state index >= 15 is 0 Å². The van der Waals surface area contributed by atoms with Crippen LogP contribution in [0.25, 0.3) is 22.1 Å². The number of benzene rings is 2. The average Bonchev–Trinajstić information content (AvgIpc) is 2.46. The molecule has 4 nitrogen and oxygen atoms in total. The molecule has 1 aromatic heterocycles. The van der Waals surface area contributed by atoms with Crippen LogP contribution in [0.4, 0.5) is 13.2 Å². The SMILES string of the molecule is O=c1oc2cc(O)ccc2cc1-c1ccc(OC(F)(F)F)cc1. The van der Waals surface area contributed by atoms with Gasteiger partial charge in [-0.3, -0.25) is 0 Å². The van der Waals surface area contributed by atoms with Crippen LogP contribution in [-0.2, 0) is 0 Å². The molecular formula is C16H9F3O4. The lowest BCUT2D eigenvalue weighted by Gasteiger charge is -2.09. The van der Waals surface area contributed by atoms with Crippen LogP contribution in [0.2, 0.25) is 0 Å². The molecule has 3 aromatic rings. The number of rotatable bonds is 2. The number of alkyl halides is 3. The fourth-order valence-electron chi connectivity index (χ4n) is 2.14. The molecule has 2 aromatic carbocycles. The van der Waals surface area contributed by atoms with Gasteiger partial charge in [0.2, 0.25) is 0 Å². The van der Waals surface area contributed by atoms with Gasteiger partial charge < -0.3 is 14.3 Å². The van der Waals surface area contributed by atoms with E-state index in [1.165, 1.54) is 24.3 Å². The van der Waals surface area contributed by atoms with Crippen molar-refractivity contribution in [2.75, 3.05) is 0 Å². The molecule has 0 aliphatic carbocycles. The summed E-state index contributed by atoms with van der Waals surface area (Å²) in [6, 6.07) is 10.7. The standard InChI is InChI=1S/C16H9F3O4/c17-16(18,19)23-12-5-2-9(3-6-12)13-7-10-1-4-11(20)8-14(10)22-15(13)21/h1-8,20H. The Morgan fingerprint density at radius 2 is 1.70 bits per heavy atom. The highest BCUT2D eigenvalue weighted by molar-refractivity contribution is 5.82. The maximum atomic E-state index is 12.1. The summed E-state index contributed by atoms with van der Waals surface area (Å²) in [4.78, 5) is 12.0. The zero-order chi connectivity index (χ0) is 16.6. The number of fused-ring (bicyclic) bond motifs is 1. The molecule has 0 amide bonds. The van der Waals surface area contributed by atoms with Crippen LogP contribution in [0, 0.1) is 0 Å². The van der Waals surface area contributed by atoms with Crippen molar-refractivity contribution >= 4 is 11.0 Å². The van der Waals surface area contributed by atoms with E-state index in [0.717, 1.165) is 12.1 Å². The molecule has 0 radical (unpaired) electrons. The molecule has 7 heteroatoms. The first-order valence-corrected chi connectivity index (χ1v) is 6.45. The third-order valence-corrected chi connectivity index (χ3v) is 3.12. The number of halogens is 3. The van der Waals surface area contributed by atoms with E-state index in [9.17, 15) is 23.1 Å². The molecule has 23 heavy (non-hydrogen) atoms. The third-order valence-electron chi connectivity index (χ3n) is 3.12. The second kappa shape index (κ2) is 5.35. The second-order valence-electron chi connectivity index (χ2n) is 4.74. The summed E-state index contributed by atoms with van der Waals surface area (Å²) in [5.74, 6) is -0.418. The number of aromatic hydroxyl groups is 1. The van der Waals surface area contributed by atoms with Crippen LogP contribution >= 0.6 is 0 Å². The van der Waals surface area contributed by atoms with E-state index in [2.05, 4.69) is 4.74 Å². The lowest BCUT2D eigenvalue weighted by Crippen LogP contribution is -2.17. The Morgan fingerprint density at radius 3 is 2.35 bits per heavy atom. The number of phenols is 1. The van der Waals surface area contributed by atoms with Gasteiger partial charge in [0.25, 0.3) is 0 Å². The number of phenolic OH excluding ortho intramolecular Hbond substituents is 1. The highest BCUT2D eigenvalue weighted by Gasteiger charge is 2.31. The van der Waals surface area contributed by atoms with Gasteiger partial charge in [-0.1, -0.05) is 12.1 Å². The normalized spacial score (nSPS) is 11.6. The zero-order valence-electron chi connectivity index (χ0n) is 11.4. The van der Waals surface area contributed by atoms with Gasteiger partial charge in [-0.2, -0.15) is 0 Å². The predicted molar refractivity (Wildman–Crippen MR) is 76.3 cm³/mol. The minimum Gasteiger partial charge on any atom is -0.508 e. The quantitative estimate of drug-likeness (QED) is 0.723. The maximum absolute atomic E-state index is 12.1. The summed E-state index contributed by atoms with van der Waals surface area (Å²) in [7, 11) is 0. The zero-order valence-corrected chi connectivity index (χ0v) is 11.4. The van der Waals surface area contributed by atoms with Gasteiger partial charge in [-0.25, -0.2) is 4.79 Å². The van der Waals surface area contributed by atoms with Crippen molar-refractivity contribution in [1.82, 2.24) is 0 Å². The Hall–Kier alpha value is -2.96. The van der Waals surface area contributed by atoms with Crippen molar-refractivity contribution in [3.8, 4) is 22.6 Å². The van der Waals surface area contributed by atoms with E-state index in [1.54, 1.807) is 12.1 Å². The summed E-state index contributed by atoms with van der Waals surface area (Å²) in [5.41, 5.74) is 0.147. The molecule has 0 unspecified atom stereocenters. The highest BCUT2D eigenvalue weighted by Crippen LogP contribution is 2.27. The lowest BCUT2D eigenvalue weighted by molar-refractivity contribution is -0.274. The van der Waals surface area contributed by atoms with E-state index in [-0.39, 0.29) is 22.6 Å². The Labute approximate surface area is 127 Å². The van der Waals surface area contributed by atoms with Crippen molar-refractivity contribution in [3.63, 3.8) is 0 Å². The number of hydrogen-bond donors (Lipinski definition) is 1. The molecule has 0 atom stereocenters. The molecule has 0 saturated carbocycles. The minimum atomic E-state index is -4.77. The van der Waals surface area contributed by atoms with E-state index in [0.29, 0.717) is 10.9 Å². The molecule has 0 fully saturated rings. The Balaban J connectivity index is 2.01. The largest absolute Gasteiger partial charge is 0.573 e. The summed E-state index contributed by atoms with van der Waals surface area (Å²) in [6.07, 6.45) is -4.77. The van der Waals surface area contributed by atoms with Crippen molar-refractivity contribution in [3.05, 3.63) is 59.0 Å². The van der Waals surface area contributed by atoms with Crippen LogP contribution in [0.5, 0.6) is 11.5 Å². The summed E-state index contributed by atoms with van der Waals surface area (Å²) in [6.45, 7) is 0. The van der Waals surface area contributed by atoms with Crippen LogP contribution in [0.15, 0.2) is 57.7 Å². The Morgan fingerprint density at radius 1 is 1.00 bits per heavy atom. The molecule has 0 saturated heterocycles. The highest BCUT2D eigenvalue weighted by atomic mass is 19.4. The molecule has 118 valence electrons. The fourth-order valence-corrected chi connectivity index (χ4v) is 2.14. The first-order valence-electron chi connectivity index (χ1n) is 6.45. The number of hydrogen-bond acceptors (Lipinski definition) is 4. The van der Waals surface area contributed by atoms with Gasteiger partial charge in [0.15, 0.2) is 0 Å². The fraction of sp³-hybridized carbons (Fsp3) is 0.0625. The average molecular weight is 322 g/mol. The molecule has 1 N–H and O–H groups in total. The van der Waals surface area contributed by atoms with Gasteiger partial charge in [-0.05, 0) is 35.9 Å². The van der Waals surface area contributed by atoms with Crippen molar-refractivity contribution in [1.29, 1.82) is 0 Å². The second-order valence-corrected chi connectivity index (χ2v) is 4.74. The smallest absolute Gasteiger partial charge is 0.508 e.